The molecule has 1 fully saturated rings. The third-order valence-electron chi connectivity index (χ3n) is 5.39. The number of carbonyl (C=O) groups is 3. The number of amides is 4. The summed E-state index contributed by atoms with van der Waals surface area (Å²) in [6.45, 7) is 0.683. The monoisotopic (exact) mass is 493 g/mol. The van der Waals surface area contributed by atoms with Crippen molar-refractivity contribution >= 4 is 29.4 Å². The molecule has 1 aliphatic rings. The maximum Gasteiger partial charge on any atom is 0.473 e. The lowest BCUT2D eigenvalue weighted by molar-refractivity contribution is -0.169. The first-order chi connectivity index (χ1) is 16.5. The SMILES string of the molecule is NC(=NC(=O)C(F)(F)F)c1ccc(NC(=O)N2CCCCC2CNC(=O)c2ccc(F)cc2)cc1. The van der Waals surface area contributed by atoms with Gasteiger partial charge >= 0.3 is 18.1 Å². The minimum absolute atomic E-state index is 0.0833. The molecule has 4 amide bonds. The van der Waals surface area contributed by atoms with Gasteiger partial charge in [-0.15, -0.1) is 0 Å². The van der Waals surface area contributed by atoms with Gasteiger partial charge in [-0.25, -0.2) is 9.18 Å². The number of nitrogens with one attached hydrogen (secondary N) is 2. The van der Waals surface area contributed by atoms with Crippen LogP contribution in [0.25, 0.3) is 0 Å². The summed E-state index contributed by atoms with van der Waals surface area (Å²) < 4.78 is 50.1. The van der Waals surface area contributed by atoms with E-state index in [1.165, 1.54) is 48.5 Å². The van der Waals surface area contributed by atoms with Crippen LogP contribution in [0.5, 0.6) is 0 Å². The molecule has 35 heavy (non-hydrogen) atoms. The molecule has 1 atom stereocenters. The minimum Gasteiger partial charge on any atom is -0.383 e. The predicted molar refractivity (Wildman–Crippen MR) is 120 cm³/mol. The second kappa shape index (κ2) is 11.0. The molecular formula is C23H23F4N5O3. The number of likely N-dealkylation sites (tertiary alicyclic amines) is 1. The van der Waals surface area contributed by atoms with E-state index in [-0.39, 0.29) is 24.1 Å². The van der Waals surface area contributed by atoms with Crippen LogP contribution in [0.15, 0.2) is 53.5 Å². The molecule has 0 spiro atoms. The summed E-state index contributed by atoms with van der Waals surface area (Å²) in [6, 6.07) is 9.94. The molecule has 3 rings (SSSR count). The Labute approximate surface area is 198 Å². The van der Waals surface area contributed by atoms with E-state index in [1.54, 1.807) is 4.90 Å². The quantitative estimate of drug-likeness (QED) is 0.336. The summed E-state index contributed by atoms with van der Waals surface area (Å²) in [7, 11) is 0. The summed E-state index contributed by atoms with van der Waals surface area (Å²) >= 11 is 0. The second-order valence-electron chi connectivity index (χ2n) is 7.87. The Morgan fingerprint density at radius 1 is 1.00 bits per heavy atom. The molecule has 1 saturated heterocycles. The molecular weight excluding hydrogens is 470 g/mol. The third-order valence-corrected chi connectivity index (χ3v) is 5.39. The predicted octanol–water partition coefficient (Wildman–Crippen LogP) is 3.44. The maximum absolute atomic E-state index is 13.1. The van der Waals surface area contributed by atoms with E-state index in [1.807, 2.05) is 0 Å². The van der Waals surface area contributed by atoms with Crippen molar-refractivity contribution in [3.63, 3.8) is 0 Å². The molecule has 0 saturated carbocycles. The highest BCUT2D eigenvalue weighted by molar-refractivity contribution is 6.05. The summed E-state index contributed by atoms with van der Waals surface area (Å²) in [5, 5.41) is 5.47. The molecule has 12 heteroatoms. The van der Waals surface area contributed by atoms with Gasteiger partial charge in [-0.05, 0) is 67.8 Å². The fraction of sp³-hybridized carbons (Fsp3) is 0.304. The zero-order valence-electron chi connectivity index (χ0n) is 18.4. The van der Waals surface area contributed by atoms with E-state index >= 15 is 0 Å². The van der Waals surface area contributed by atoms with Crippen LogP contribution >= 0.6 is 0 Å². The van der Waals surface area contributed by atoms with E-state index in [2.05, 4.69) is 15.6 Å². The average Bonchev–Trinajstić information content (AvgIpc) is 2.83. The fourth-order valence-electron chi connectivity index (χ4n) is 3.55. The number of hydrogen-bond acceptors (Lipinski definition) is 3. The standard InChI is InChI=1S/C23H23F4N5O3/c24-16-8-4-15(5-9-16)20(33)29-13-18-3-1-2-12-32(18)22(35)30-17-10-6-14(7-11-17)19(28)31-21(34)23(25,26)27/h4-11,18H,1-3,12-13H2,(H,29,33)(H,30,35)(H2,28,31,34). The van der Waals surface area contributed by atoms with Gasteiger partial charge in [-0.2, -0.15) is 18.2 Å². The number of urea groups is 1. The first-order valence-electron chi connectivity index (χ1n) is 10.7. The largest absolute Gasteiger partial charge is 0.473 e. The van der Waals surface area contributed by atoms with Crippen LogP contribution in [0.2, 0.25) is 0 Å². The Balaban J connectivity index is 1.60. The highest BCUT2D eigenvalue weighted by Crippen LogP contribution is 2.20. The number of nitrogens with zero attached hydrogens (tertiary/aromatic N) is 2. The van der Waals surface area contributed by atoms with Gasteiger partial charge in [0.1, 0.15) is 11.7 Å². The van der Waals surface area contributed by atoms with Crippen LogP contribution in [0.4, 0.5) is 28.0 Å². The molecule has 1 heterocycles. The van der Waals surface area contributed by atoms with Crippen LogP contribution < -0.4 is 16.4 Å². The Kier molecular flexibility index (Phi) is 8.05. The van der Waals surface area contributed by atoms with Crippen molar-refractivity contribution in [2.75, 3.05) is 18.4 Å². The van der Waals surface area contributed by atoms with Crippen LogP contribution in [0.1, 0.15) is 35.2 Å². The van der Waals surface area contributed by atoms with Gasteiger partial charge in [-0.3, -0.25) is 9.59 Å². The Bertz CT molecular complexity index is 1100. The van der Waals surface area contributed by atoms with E-state index in [9.17, 15) is 31.9 Å². The van der Waals surface area contributed by atoms with Gasteiger partial charge in [0.15, 0.2) is 0 Å². The molecule has 186 valence electrons. The highest BCUT2D eigenvalue weighted by atomic mass is 19.4. The zero-order valence-corrected chi connectivity index (χ0v) is 18.4. The number of halogens is 4. The molecule has 1 unspecified atom stereocenters. The van der Waals surface area contributed by atoms with Gasteiger partial charge in [0, 0.05) is 29.9 Å². The van der Waals surface area contributed by atoms with Crippen molar-refractivity contribution in [1.82, 2.24) is 10.2 Å². The van der Waals surface area contributed by atoms with Gasteiger partial charge < -0.3 is 21.3 Å². The molecule has 8 nitrogen and oxygen atoms in total. The summed E-state index contributed by atoms with van der Waals surface area (Å²) in [5.74, 6) is -3.74. The van der Waals surface area contributed by atoms with Crippen molar-refractivity contribution in [3.05, 3.63) is 65.5 Å². The molecule has 4 N–H and O–H groups in total. The number of nitrogens with two attached hydrogens (primary N) is 1. The van der Waals surface area contributed by atoms with Gasteiger partial charge in [0.2, 0.25) is 0 Å². The van der Waals surface area contributed by atoms with E-state index in [4.69, 9.17) is 5.73 Å². The van der Waals surface area contributed by atoms with Crippen molar-refractivity contribution in [2.45, 2.75) is 31.5 Å². The van der Waals surface area contributed by atoms with Gasteiger partial charge in [-0.1, -0.05) is 0 Å². The van der Waals surface area contributed by atoms with Gasteiger partial charge in [0.05, 0.1) is 6.04 Å². The number of alkyl halides is 3. The van der Waals surface area contributed by atoms with Crippen molar-refractivity contribution in [1.29, 1.82) is 0 Å². The zero-order chi connectivity index (χ0) is 25.6. The van der Waals surface area contributed by atoms with Crippen molar-refractivity contribution in [3.8, 4) is 0 Å². The Morgan fingerprint density at radius 3 is 2.26 bits per heavy atom. The molecule has 0 aromatic heterocycles. The highest BCUT2D eigenvalue weighted by Gasteiger charge is 2.38. The first kappa shape index (κ1) is 25.7. The van der Waals surface area contributed by atoms with Crippen molar-refractivity contribution < 1.29 is 31.9 Å². The fourth-order valence-corrected chi connectivity index (χ4v) is 3.55. The number of amidine groups is 1. The minimum atomic E-state index is -5.12. The molecule has 2 aromatic rings. The molecule has 0 bridgehead atoms. The average molecular weight is 493 g/mol. The molecule has 2 aromatic carbocycles. The number of aliphatic imine (C=N–C) groups is 1. The maximum atomic E-state index is 13.1. The lowest BCUT2D eigenvalue weighted by atomic mass is 10.0. The van der Waals surface area contributed by atoms with E-state index in [0.717, 1.165) is 12.8 Å². The lowest BCUT2D eigenvalue weighted by Crippen LogP contribution is -2.50. The molecule has 0 radical (unpaired) electrons. The van der Waals surface area contributed by atoms with Gasteiger partial charge in [0.25, 0.3) is 5.91 Å². The summed E-state index contributed by atoms with van der Waals surface area (Å²) in [4.78, 5) is 40.6. The number of hydrogen-bond donors (Lipinski definition) is 3. The smallest absolute Gasteiger partial charge is 0.383 e. The van der Waals surface area contributed by atoms with Crippen LogP contribution in [-0.4, -0.2) is 53.9 Å². The molecule has 0 aliphatic carbocycles. The molecule has 1 aliphatic heterocycles. The summed E-state index contributed by atoms with van der Waals surface area (Å²) in [5.41, 5.74) is 6.21. The lowest BCUT2D eigenvalue weighted by Gasteiger charge is -2.35. The topological polar surface area (TPSA) is 117 Å². The summed E-state index contributed by atoms with van der Waals surface area (Å²) in [6.07, 6.45) is -2.78. The van der Waals surface area contributed by atoms with E-state index in [0.29, 0.717) is 24.2 Å². The normalized spacial score (nSPS) is 16.5. The third kappa shape index (κ3) is 7.01. The first-order valence-corrected chi connectivity index (χ1v) is 10.7. The number of anilines is 1. The Morgan fingerprint density at radius 2 is 1.63 bits per heavy atom. The number of rotatable bonds is 5. The number of piperidine rings is 1. The van der Waals surface area contributed by atoms with Crippen LogP contribution in [0.3, 0.4) is 0 Å². The van der Waals surface area contributed by atoms with Crippen molar-refractivity contribution in [2.24, 2.45) is 10.7 Å². The number of carbonyl (C=O) groups excluding carboxylic acids is 3. The Hall–Kier alpha value is -3.96. The second-order valence-corrected chi connectivity index (χ2v) is 7.87. The van der Waals surface area contributed by atoms with Crippen LogP contribution in [0, 0.1) is 5.82 Å². The van der Waals surface area contributed by atoms with Crippen LogP contribution in [-0.2, 0) is 4.79 Å². The number of benzene rings is 2. The van der Waals surface area contributed by atoms with E-state index < -0.39 is 29.8 Å².